The lowest BCUT2D eigenvalue weighted by Crippen LogP contribution is -2.52. The van der Waals surface area contributed by atoms with E-state index in [1.54, 1.807) is 18.2 Å². The number of amides is 3. The molecule has 1 aliphatic carbocycles. The van der Waals surface area contributed by atoms with Gasteiger partial charge in [-0.25, -0.2) is 9.18 Å². The second-order valence-corrected chi connectivity index (χ2v) is 6.84. The van der Waals surface area contributed by atoms with E-state index in [4.69, 9.17) is 4.74 Å². The summed E-state index contributed by atoms with van der Waals surface area (Å²) in [6.45, 7) is 5.19. The van der Waals surface area contributed by atoms with Crippen LogP contribution in [0.5, 0.6) is 0 Å². The number of ether oxygens (including phenoxy) is 1. The molecule has 0 aromatic heterocycles. The van der Waals surface area contributed by atoms with Crippen LogP contribution in [0.4, 0.5) is 9.18 Å². The molecule has 0 heterocycles. The van der Waals surface area contributed by atoms with Gasteiger partial charge in [0.05, 0.1) is 12.1 Å². The second kappa shape index (κ2) is 10.9. The Balaban J connectivity index is 1.91. The first-order chi connectivity index (χ1) is 13.0. The van der Waals surface area contributed by atoms with Crippen molar-refractivity contribution >= 4 is 11.9 Å². The minimum absolute atomic E-state index is 0.0974. The standard InChI is InChI=1S/C20H30FN3O3/c1-3-11-27-18-12-14(9-10-17(18)24-20(26)22-4-2)19(25)23-13-15-7-5-6-8-16(15)21/h5-8,14,17-18H,3-4,9-13H2,1-2H3,(H,23,25)(H2,22,24,26)/t14-,17-,18-/m0/s1. The molecule has 0 saturated heterocycles. The summed E-state index contributed by atoms with van der Waals surface area (Å²) in [5.41, 5.74) is 0.469. The molecular weight excluding hydrogens is 349 g/mol. The van der Waals surface area contributed by atoms with Crippen LogP contribution in [0.1, 0.15) is 45.1 Å². The van der Waals surface area contributed by atoms with Gasteiger partial charge in [0.2, 0.25) is 5.91 Å². The molecule has 27 heavy (non-hydrogen) atoms. The Hall–Kier alpha value is -2.15. The highest BCUT2D eigenvalue weighted by atomic mass is 19.1. The molecule has 1 fully saturated rings. The van der Waals surface area contributed by atoms with Crippen molar-refractivity contribution in [1.82, 2.24) is 16.0 Å². The third-order valence-electron chi connectivity index (χ3n) is 4.76. The molecule has 0 unspecified atom stereocenters. The van der Waals surface area contributed by atoms with Crippen molar-refractivity contribution < 1.29 is 18.7 Å². The average Bonchev–Trinajstić information content (AvgIpc) is 2.66. The van der Waals surface area contributed by atoms with Gasteiger partial charge in [0, 0.05) is 31.2 Å². The molecule has 150 valence electrons. The van der Waals surface area contributed by atoms with Gasteiger partial charge >= 0.3 is 6.03 Å². The van der Waals surface area contributed by atoms with Crippen LogP contribution in [-0.4, -0.2) is 37.2 Å². The third-order valence-corrected chi connectivity index (χ3v) is 4.76. The van der Waals surface area contributed by atoms with E-state index in [1.807, 2.05) is 13.8 Å². The van der Waals surface area contributed by atoms with Crippen molar-refractivity contribution in [2.45, 2.75) is 58.2 Å². The fourth-order valence-electron chi connectivity index (χ4n) is 3.33. The Kier molecular flexibility index (Phi) is 8.51. The van der Waals surface area contributed by atoms with Gasteiger partial charge in [-0.3, -0.25) is 4.79 Å². The molecule has 1 aromatic carbocycles. The van der Waals surface area contributed by atoms with E-state index in [0.717, 1.165) is 6.42 Å². The van der Waals surface area contributed by atoms with Gasteiger partial charge < -0.3 is 20.7 Å². The molecule has 1 saturated carbocycles. The van der Waals surface area contributed by atoms with E-state index in [0.29, 0.717) is 38.0 Å². The lowest BCUT2D eigenvalue weighted by molar-refractivity contribution is -0.128. The van der Waals surface area contributed by atoms with Crippen LogP contribution in [0.15, 0.2) is 24.3 Å². The second-order valence-electron chi connectivity index (χ2n) is 6.84. The summed E-state index contributed by atoms with van der Waals surface area (Å²) < 4.78 is 19.6. The van der Waals surface area contributed by atoms with E-state index in [1.165, 1.54) is 6.07 Å². The van der Waals surface area contributed by atoms with Gasteiger partial charge in [-0.15, -0.1) is 0 Å². The largest absolute Gasteiger partial charge is 0.376 e. The van der Waals surface area contributed by atoms with Crippen LogP contribution < -0.4 is 16.0 Å². The van der Waals surface area contributed by atoms with Crippen molar-refractivity contribution in [3.8, 4) is 0 Å². The number of carbonyl (C=O) groups excluding carboxylic acids is 2. The maximum atomic E-state index is 13.7. The van der Waals surface area contributed by atoms with Gasteiger partial charge in [-0.05, 0) is 38.7 Å². The fraction of sp³-hybridized carbons (Fsp3) is 0.600. The van der Waals surface area contributed by atoms with Crippen LogP contribution in [0, 0.1) is 11.7 Å². The molecule has 6 nitrogen and oxygen atoms in total. The van der Waals surface area contributed by atoms with E-state index < -0.39 is 0 Å². The van der Waals surface area contributed by atoms with Crippen LogP contribution in [0.2, 0.25) is 0 Å². The van der Waals surface area contributed by atoms with Crippen LogP contribution >= 0.6 is 0 Å². The van der Waals surface area contributed by atoms with Gasteiger partial charge in [-0.2, -0.15) is 0 Å². The Labute approximate surface area is 160 Å². The summed E-state index contributed by atoms with van der Waals surface area (Å²) in [4.78, 5) is 24.4. The molecule has 0 radical (unpaired) electrons. The summed E-state index contributed by atoms with van der Waals surface area (Å²) in [7, 11) is 0. The van der Waals surface area contributed by atoms with Gasteiger partial charge in [-0.1, -0.05) is 25.1 Å². The zero-order chi connectivity index (χ0) is 19.6. The molecule has 3 atom stereocenters. The summed E-state index contributed by atoms with van der Waals surface area (Å²) >= 11 is 0. The summed E-state index contributed by atoms with van der Waals surface area (Å²) in [6, 6.07) is 6.09. The van der Waals surface area contributed by atoms with E-state index >= 15 is 0 Å². The fourth-order valence-corrected chi connectivity index (χ4v) is 3.33. The molecule has 1 aromatic rings. The predicted octanol–water partition coefficient (Wildman–Crippen LogP) is 2.72. The number of benzene rings is 1. The maximum absolute atomic E-state index is 13.7. The minimum Gasteiger partial charge on any atom is -0.376 e. The normalized spacial score (nSPS) is 22.1. The molecule has 1 aliphatic rings. The topological polar surface area (TPSA) is 79.5 Å². The Morgan fingerprint density at radius 3 is 2.67 bits per heavy atom. The molecular formula is C20H30FN3O3. The first-order valence-electron chi connectivity index (χ1n) is 9.72. The lowest BCUT2D eigenvalue weighted by atomic mass is 9.83. The molecule has 0 spiro atoms. The Bertz CT molecular complexity index is 626. The number of hydrogen-bond acceptors (Lipinski definition) is 3. The number of carbonyl (C=O) groups is 2. The van der Waals surface area contributed by atoms with E-state index in [9.17, 15) is 14.0 Å². The highest BCUT2D eigenvalue weighted by Crippen LogP contribution is 2.27. The van der Waals surface area contributed by atoms with Gasteiger partial charge in [0.1, 0.15) is 5.82 Å². The van der Waals surface area contributed by atoms with Crippen molar-refractivity contribution in [3.63, 3.8) is 0 Å². The third kappa shape index (κ3) is 6.50. The molecule has 3 N–H and O–H groups in total. The molecule has 0 bridgehead atoms. The maximum Gasteiger partial charge on any atom is 0.315 e. The highest BCUT2D eigenvalue weighted by Gasteiger charge is 2.35. The molecule has 7 heteroatoms. The highest BCUT2D eigenvalue weighted by molar-refractivity contribution is 5.79. The van der Waals surface area contributed by atoms with Crippen molar-refractivity contribution in [2.24, 2.45) is 5.92 Å². The number of nitrogens with one attached hydrogen (secondary N) is 3. The summed E-state index contributed by atoms with van der Waals surface area (Å²) in [6.07, 6.45) is 2.54. The van der Waals surface area contributed by atoms with Crippen LogP contribution in [0.25, 0.3) is 0 Å². The molecule has 2 rings (SSSR count). The number of halogens is 1. The summed E-state index contributed by atoms with van der Waals surface area (Å²) in [5.74, 6) is -0.623. The smallest absolute Gasteiger partial charge is 0.315 e. The van der Waals surface area contributed by atoms with Crippen molar-refractivity contribution in [2.75, 3.05) is 13.2 Å². The summed E-state index contributed by atoms with van der Waals surface area (Å²) in [5, 5.41) is 8.50. The van der Waals surface area contributed by atoms with Crippen molar-refractivity contribution in [3.05, 3.63) is 35.6 Å². The Morgan fingerprint density at radius 1 is 1.19 bits per heavy atom. The Morgan fingerprint density at radius 2 is 1.96 bits per heavy atom. The zero-order valence-electron chi connectivity index (χ0n) is 16.1. The molecule has 0 aliphatic heterocycles. The number of hydrogen-bond donors (Lipinski definition) is 3. The first-order valence-corrected chi connectivity index (χ1v) is 9.72. The number of rotatable bonds is 8. The van der Waals surface area contributed by atoms with E-state index in [-0.39, 0.29) is 42.4 Å². The average molecular weight is 379 g/mol. The van der Waals surface area contributed by atoms with Crippen LogP contribution in [-0.2, 0) is 16.1 Å². The first kappa shape index (κ1) is 21.2. The van der Waals surface area contributed by atoms with Gasteiger partial charge in [0.15, 0.2) is 0 Å². The monoisotopic (exact) mass is 379 g/mol. The quantitative estimate of drug-likeness (QED) is 0.650. The predicted molar refractivity (Wildman–Crippen MR) is 102 cm³/mol. The minimum atomic E-state index is -0.322. The van der Waals surface area contributed by atoms with E-state index in [2.05, 4.69) is 16.0 Å². The molecule has 3 amide bonds. The SMILES string of the molecule is CCCO[C@H]1C[C@@H](C(=O)NCc2ccccc2F)CC[C@@H]1NC(=O)NCC. The van der Waals surface area contributed by atoms with Crippen LogP contribution in [0.3, 0.4) is 0 Å². The lowest BCUT2D eigenvalue weighted by Gasteiger charge is -2.35. The zero-order valence-corrected chi connectivity index (χ0v) is 16.1. The van der Waals surface area contributed by atoms with Crippen molar-refractivity contribution in [1.29, 1.82) is 0 Å². The number of urea groups is 1. The van der Waals surface area contributed by atoms with Gasteiger partial charge in [0.25, 0.3) is 0 Å².